The Morgan fingerprint density at radius 2 is 1.78 bits per heavy atom. The molecule has 2 heterocycles. The first-order valence-corrected chi connectivity index (χ1v) is 7.50. The molecule has 0 saturated carbocycles. The van der Waals surface area contributed by atoms with Gasteiger partial charge in [0.2, 0.25) is 11.8 Å². The molecular formula is C16H18FN3O3. The molecule has 3 rings (SSSR count). The van der Waals surface area contributed by atoms with Crippen LogP contribution in [0.15, 0.2) is 24.4 Å². The number of aromatic nitrogens is 1. The van der Waals surface area contributed by atoms with Gasteiger partial charge in [0.1, 0.15) is 12.4 Å². The Hall–Kier alpha value is -2.41. The van der Waals surface area contributed by atoms with Crippen molar-refractivity contribution in [1.29, 1.82) is 0 Å². The predicted octanol–water partition coefficient (Wildman–Crippen LogP) is 0.513. The number of nitrogens with one attached hydrogen (secondary N) is 1. The van der Waals surface area contributed by atoms with Crippen molar-refractivity contribution in [1.82, 2.24) is 14.8 Å². The Bertz CT molecular complexity index is 735. The van der Waals surface area contributed by atoms with Gasteiger partial charge in [-0.3, -0.25) is 9.59 Å². The van der Waals surface area contributed by atoms with Crippen molar-refractivity contribution in [2.45, 2.75) is 6.42 Å². The van der Waals surface area contributed by atoms with E-state index in [1.807, 2.05) is 0 Å². The molecule has 1 fully saturated rings. The van der Waals surface area contributed by atoms with Gasteiger partial charge in [-0.2, -0.15) is 0 Å². The summed E-state index contributed by atoms with van der Waals surface area (Å²) in [6.07, 6.45) is 1.92. The van der Waals surface area contributed by atoms with Crippen LogP contribution in [0.2, 0.25) is 0 Å². The number of nitrogens with zero attached hydrogens (tertiary/aromatic N) is 2. The minimum atomic E-state index is -0.505. The van der Waals surface area contributed by atoms with Gasteiger partial charge in [0, 0.05) is 43.3 Å². The van der Waals surface area contributed by atoms with Crippen LogP contribution in [-0.2, 0) is 16.0 Å². The summed E-state index contributed by atoms with van der Waals surface area (Å²) in [4.78, 5) is 30.1. The van der Waals surface area contributed by atoms with Crippen LogP contribution in [0.1, 0.15) is 5.56 Å². The number of aliphatic hydroxyl groups excluding tert-OH is 1. The maximum atomic E-state index is 13.4. The molecule has 23 heavy (non-hydrogen) atoms. The average molecular weight is 319 g/mol. The number of benzene rings is 1. The Kier molecular flexibility index (Phi) is 4.29. The fraction of sp³-hybridized carbons (Fsp3) is 0.375. The van der Waals surface area contributed by atoms with E-state index < -0.39 is 6.61 Å². The molecule has 2 amide bonds. The van der Waals surface area contributed by atoms with Crippen LogP contribution in [0.3, 0.4) is 0 Å². The highest BCUT2D eigenvalue weighted by Crippen LogP contribution is 2.20. The standard InChI is InChI=1S/C16H18FN3O3/c17-12-1-2-14-13(8-12)11(9-18-14)7-15(22)19-3-5-20(6-4-19)16(23)10-21/h1-2,8-9,18,21H,3-7,10H2. The molecule has 1 aliphatic rings. The molecule has 122 valence electrons. The van der Waals surface area contributed by atoms with E-state index in [1.165, 1.54) is 12.1 Å². The number of hydrogen-bond acceptors (Lipinski definition) is 3. The monoisotopic (exact) mass is 319 g/mol. The number of hydrogen-bond donors (Lipinski definition) is 2. The first-order valence-electron chi connectivity index (χ1n) is 7.50. The Labute approximate surface area is 132 Å². The third-order valence-electron chi connectivity index (χ3n) is 4.19. The molecule has 0 spiro atoms. The van der Waals surface area contributed by atoms with Crippen LogP contribution in [0.25, 0.3) is 10.9 Å². The zero-order valence-electron chi connectivity index (χ0n) is 12.6. The zero-order chi connectivity index (χ0) is 16.4. The molecule has 2 N–H and O–H groups in total. The van der Waals surface area contributed by atoms with Crippen molar-refractivity contribution < 1.29 is 19.1 Å². The van der Waals surface area contributed by atoms with E-state index in [0.29, 0.717) is 31.6 Å². The Morgan fingerprint density at radius 1 is 1.13 bits per heavy atom. The molecule has 1 saturated heterocycles. The van der Waals surface area contributed by atoms with Crippen LogP contribution < -0.4 is 0 Å². The minimum Gasteiger partial charge on any atom is -0.387 e. The fourth-order valence-electron chi connectivity index (χ4n) is 2.88. The van der Waals surface area contributed by atoms with Crippen molar-refractivity contribution in [3.63, 3.8) is 0 Å². The topological polar surface area (TPSA) is 76.6 Å². The zero-order valence-corrected chi connectivity index (χ0v) is 12.6. The van der Waals surface area contributed by atoms with Gasteiger partial charge in [-0.1, -0.05) is 0 Å². The number of amides is 2. The van der Waals surface area contributed by atoms with E-state index in [1.54, 1.807) is 22.1 Å². The molecule has 6 nitrogen and oxygen atoms in total. The van der Waals surface area contributed by atoms with E-state index in [0.717, 1.165) is 11.1 Å². The van der Waals surface area contributed by atoms with Gasteiger partial charge in [-0.25, -0.2) is 4.39 Å². The Balaban J connectivity index is 1.65. The van der Waals surface area contributed by atoms with Crippen molar-refractivity contribution in [2.24, 2.45) is 0 Å². The molecule has 0 unspecified atom stereocenters. The average Bonchev–Trinajstić information content (AvgIpc) is 2.96. The number of carbonyl (C=O) groups excluding carboxylic acids is 2. The third-order valence-corrected chi connectivity index (χ3v) is 4.19. The van der Waals surface area contributed by atoms with Crippen molar-refractivity contribution in [3.05, 3.63) is 35.8 Å². The second-order valence-electron chi connectivity index (χ2n) is 5.60. The number of piperazine rings is 1. The highest BCUT2D eigenvalue weighted by atomic mass is 19.1. The van der Waals surface area contributed by atoms with Crippen LogP contribution >= 0.6 is 0 Å². The lowest BCUT2D eigenvalue weighted by Gasteiger charge is -2.34. The van der Waals surface area contributed by atoms with Gasteiger partial charge in [0.15, 0.2) is 0 Å². The first kappa shape index (κ1) is 15.5. The molecule has 1 aromatic heterocycles. The van der Waals surface area contributed by atoms with Gasteiger partial charge in [-0.05, 0) is 23.8 Å². The molecule has 0 aliphatic carbocycles. The number of H-pyrrole nitrogens is 1. The van der Waals surface area contributed by atoms with E-state index in [4.69, 9.17) is 5.11 Å². The molecule has 0 bridgehead atoms. The summed E-state index contributed by atoms with van der Waals surface area (Å²) in [6.45, 7) is 1.23. The maximum absolute atomic E-state index is 13.4. The summed E-state index contributed by atoms with van der Waals surface area (Å²) in [7, 11) is 0. The smallest absolute Gasteiger partial charge is 0.248 e. The number of aromatic amines is 1. The van der Waals surface area contributed by atoms with Crippen molar-refractivity contribution >= 4 is 22.7 Å². The lowest BCUT2D eigenvalue weighted by atomic mass is 10.1. The molecule has 1 aromatic carbocycles. The second kappa shape index (κ2) is 6.37. The molecule has 0 atom stereocenters. The lowest BCUT2D eigenvalue weighted by Crippen LogP contribution is -2.51. The van der Waals surface area contributed by atoms with Crippen LogP contribution in [0, 0.1) is 5.82 Å². The normalized spacial score (nSPS) is 15.2. The summed E-state index contributed by atoms with van der Waals surface area (Å²) in [5.41, 5.74) is 1.56. The molecule has 0 radical (unpaired) electrons. The van der Waals surface area contributed by atoms with Crippen LogP contribution in [0.5, 0.6) is 0 Å². The van der Waals surface area contributed by atoms with E-state index in [9.17, 15) is 14.0 Å². The van der Waals surface area contributed by atoms with Gasteiger partial charge in [0.25, 0.3) is 0 Å². The minimum absolute atomic E-state index is 0.0498. The third kappa shape index (κ3) is 3.19. The predicted molar refractivity (Wildman–Crippen MR) is 82.2 cm³/mol. The summed E-state index contributed by atoms with van der Waals surface area (Å²) in [5.74, 6) is -0.697. The number of aliphatic hydroxyl groups is 1. The van der Waals surface area contributed by atoms with Crippen LogP contribution in [0.4, 0.5) is 4.39 Å². The maximum Gasteiger partial charge on any atom is 0.248 e. The van der Waals surface area contributed by atoms with Crippen LogP contribution in [-0.4, -0.2) is 64.5 Å². The summed E-state index contributed by atoms with van der Waals surface area (Å²) >= 11 is 0. The lowest BCUT2D eigenvalue weighted by molar-refractivity contribution is -0.140. The van der Waals surface area contributed by atoms with Gasteiger partial charge in [-0.15, -0.1) is 0 Å². The molecule has 2 aromatic rings. The van der Waals surface area contributed by atoms with E-state index in [2.05, 4.69) is 4.98 Å². The van der Waals surface area contributed by atoms with Gasteiger partial charge < -0.3 is 19.9 Å². The number of carbonyl (C=O) groups is 2. The second-order valence-corrected chi connectivity index (χ2v) is 5.60. The summed E-state index contributed by atoms with van der Waals surface area (Å²) in [6, 6.07) is 4.45. The van der Waals surface area contributed by atoms with Crippen molar-refractivity contribution in [2.75, 3.05) is 32.8 Å². The fourth-order valence-corrected chi connectivity index (χ4v) is 2.88. The number of fused-ring (bicyclic) bond motifs is 1. The molecule has 7 heteroatoms. The highest BCUT2D eigenvalue weighted by molar-refractivity contribution is 5.89. The van der Waals surface area contributed by atoms with Gasteiger partial charge in [0.05, 0.1) is 6.42 Å². The van der Waals surface area contributed by atoms with E-state index >= 15 is 0 Å². The largest absolute Gasteiger partial charge is 0.387 e. The highest BCUT2D eigenvalue weighted by Gasteiger charge is 2.24. The number of rotatable bonds is 3. The van der Waals surface area contributed by atoms with Crippen molar-refractivity contribution in [3.8, 4) is 0 Å². The molecule has 1 aliphatic heterocycles. The van der Waals surface area contributed by atoms with Gasteiger partial charge >= 0.3 is 0 Å². The number of halogens is 1. The SMILES string of the molecule is O=C(CO)N1CCN(C(=O)Cc2c[nH]c3ccc(F)cc23)CC1. The summed E-state index contributed by atoms with van der Waals surface area (Å²) in [5, 5.41) is 9.57. The molecular weight excluding hydrogens is 301 g/mol. The summed E-state index contributed by atoms with van der Waals surface area (Å²) < 4.78 is 13.4. The quantitative estimate of drug-likeness (QED) is 0.865. The first-order chi connectivity index (χ1) is 11.1. The van der Waals surface area contributed by atoms with E-state index in [-0.39, 0.29) is 24.1 Å². The Morgan fingerprint density at radius 3 is 2.43 bits per heavy atom.